The van der Waals surface area contributed by atoms with Crippen LogP contribution in [0.2, 0.25) is 0 Å². The summed E-state index contributed by atoms with van der Waals surface area (Å²) in [5.74, 6) is -2.89. The van der Waals surface area contributed by atoms with Crippen LogP contribution >= 0.6 is 0 Å². The lowest BCUT2D eigenvalue weighted by atomic mass is 9.82. The van der Waals surface area contributed by atoms with Gasteiger partial charge in [0.1, 0.15) is 0 Å². The Morgan fingerprint density at radius 3 is 2.38 bits per heavy atom. The van der Waals surface area contributed by atoms with E-state index in [1.807, 2.05) is 0 Å². The summed E-state index contributed by atoms with van der Waals surface area (Å²) in [4.78, 5) is 23.8. The van der Waals surface area contributed by atoms with E-state index < -0.39 is 33.7 Å². The molecular weight excluding hydrogens is 332 g/mol. The molecule has 8 heteroatoms. The van der Waals surface area contributed by atoms with Gasteiger partial charge in [0.25, 0.3) is 0 Å². The standard InChI is InChI=1S/C16H20N2O5S/c1-18(2)24(22,23)12-7-5-6-11(10-12)17-15(19)13-8-3-4-9-14(13)16(20)21/h3-7,10,13-14H,8-9H2,1-2H3,(H,17,19)(H,20,21)/t13-,14+/m1/s1. The maximum atomic E-state index is 12.4. The minimum absolute atomic E-state index is 0.0589. The predicted molar refractivity (Wildman–Crippen MR) is 88.9 cm³/mol. The molecule has 0 radical (unpaired) electrons. The fourth-order valence-corrected chi connectivity index (χ4v) is 3.51. The first kappa shape index (κ1) is 18.2. The molecule has 1 amide bonds. The van der Waals surface area contributed by atoms with Crippen LogP contribution in [0.15, 0.2) is 41.3 Å². The van der Waals surface area contributed by atoms with Gasteiger partial charge in [-0.25, -0.2) is 12.7 Å². The third-order valence-corrected chi connectivity index (χ3v) is 5.78. The maximum Gasteiger partial charge on any atom is 0.307 e. The summed E-state index contributed by atoms with van der Waals surface area (Å²) < 4.78 is 25.4. The van der Waals surface area contributed by atoms with Gasteiger partial charge in [0, 0.05) is 19.8 Å². The van der Waals surface area contributed by atoms with E-state index in [0.29, 0.717) is 18.5 Å². The molecule has 0 fully saturated rings. The summed E-state index contributed by atoms with van der Waals surface area (Å²) in [6.07, 6.45) is 4.20. The number of carboxylic acids is 1. The smallest absolute Gasteiger partial charge is 0.307 e. The van der Waals surface area contributed by atoms with Gasteiger partial charge < -0.3 is 10.4 Å². The molecule has 2 atom stereocenters. The zero-order valence-electron chi connectivity index (χ0n) is 13.5. The molecule has 0 unspecified atom stereocenters. The number of nitrogens with zero attached hydrogens (tertiary/aromatic N) is 1. The molecule has 2 rings (SSSR count). The second-order valence-electron chi connectivity index (χ2n) is 5.80. The highest BCUT2D eigenvalue weighted by molar-refractivity contribution is 7.89. The van der Waals surface area contributed by atoms with Crippen molar-refractivity contribution in [2.45, 2.75) is 17.7 Å². The minimum Gasteiger partial charge on any atom is -0.481 e. The highest BCUT2D eigenvalue weighted by atomic mass is 32.2. The van der Waals surface area contributed by atoms with Crippen molar-refractivity contribution < 1.29 is 23.1 Å². The van der Waals surface area contributed by atoms with Gasteiger partial charge >= 0.3 is 5.97 Å². The van der Waals surface area contributed by atoms with Crippen LogP contribution in [-0.4, -0.2) is 43.8 Å². The van der Waals surface area contributed by atoms with Crippen LogP contribution in [0.1, 0.15) is 12.8 Å². The molecule has 7 nitrogen and oxygen atoms in total. The average molecular weight is 352 g/mol. The van der Waals surface area contributed by atoms with Crippen LogP contribution in [-0.2, 0) is 19.6 Å². The van der Waals surface area contributed by atoms with E-state index in [2.05, 4.69) is 5.32 Å². The van der Waals surface area contributed by atoms with E-state index >= 15 is 0 Å². The number of benzene rings is 1. The van der Waals surface area contributed by atoms with E-state index in [1.165, 1.54) is 32.3 Å². The molecule has 0 saturated carbocycles. The highest BCUT2D eigenvalue weighted by Gasteiger charge is 2.34. The number of aliphatic carboxylic acids is 1. The van der Waals surface area contributed by atoms with E-state index in [1.54, 1.807) is 18.2 Å². The highest BCUT2D eigenvalue weighted by Crippen LogP contribution is 2.27. The maximum absolute atomic E-state index is 12.4. The number of amides is 1. The molecule has 0 saturated heterocycles. The molecule has 0 bridgehead atoms. The van der Waals surface area contributed by atoms with Crippen molar-refractivity contribution in [3.63, 3.8) is 0 Å². The molecule has 0 aliphatic heterocycles. The van der Waals surface area contributed by atoms with E-state index in [9.17, 15) is 23.1 Å². The van der Waals surface area contributed by atoms with Crippen molar-refractivity contribution >= 4 is 27.6 Å². The molecule has 2 N–H and O–H groups in total. The average Bonchev–Trinajstić information content (AvgIpc) is 2.54. The fraction of sp³-hybridized carbons (Fsp3) is 0.375. The zero-order valence-corrected chi connectivity index (χ0v) is 14.3. The van der Waals surface area contributed by atoms with Gasteiger partial charge in [-0.1, -0.05) is 18.2 Å². The van der Waals surface area contributed by atoms with Crippen molar-refractivity contribution in [1.29, 1.82) is 0 Å². The third-order valence-electron chi connectivity index (χ3n) is 3.97. The largest absolute Gasteiger partial charge is 0.481 e. The minimum atomic E-state index is -3.61. The first-order chi connectivity index (χ1) is 11.2. The molecule has 0 aromatic heterocycles. The van der Waals surface area contributed by atoms with Gasteiger partial charge in [-0.05, 0) is 31.0 Å². The fourth-order valence-electron chi connectivity index (χ4n) is 2.56. The number of rotatable bonds is 5. The first-order valence-corrected chi connectivity index (χ1v) is 8.88. The number of carboxylic acid groups (broad SMARTS) is 1. The summed E-state index contributed by atoms with van der Waals surface area (Å²) in [6, 6.07) is 5.90. The molecule has 1 aliphatic rings. The number of sulfonamides is 1. The van der Waals surface area contributed by atoms with Gasteiger partial charge in [0.05, 0.1) is 16.7 Å². The third kappa shape index (κ3) is 3.82. The van der Waals surface area contributed by atoms with Crippen LogP contribution in [0.3, 0.4) is 0 Å². The molecule has 24 heavy (non-hydrogen) atoms. The Balaban J connectivity index is 2.21. The van der Waals surface area contributed by atoms with E-state index in [-0.39, 0.29) is 4.90 Å². The molecule has 1 aromatic carbocycles. The van der Waals surface area contributed by atoms with Gasteiger partial charge in [-0.15, -0.1) is 0 Å². The lowest BCUT2D eigenvalue weighted by Crippen LogP contribution is -2.34. The Hall–Kier alpha value is -2.19. The van der Waals surface area contributed by atoms with Gasteiger partial charge in [-0.3, -0.25) is 9.59 Å². The first-order valence-electron chi connectivity index (χ1n) is 7.44. The Morgan fingerprint density at radius 1 is 1.17 bits per heavy atom. The summed E-state index contributed by atoms with van der Waals surface area (Å²) in [6.45, 7) is 0. The second-order valence-corrected chi connectivity index (χ2v) is 7.95. The number of anilines is 1. The molecule has 130 valence electrons. The number of carbonyl (C=O) groups is 2. The molecular formula is C16H20N2O5S. The quantitative estimate of drug-likeness (QED) is 0.782. The number of nitrogens with one attached hydrogen (secondary N) is 1. The number of hydrogen-bond donors (Lipinski definition) is 2. The van der Waals surface area contributed by atoms with E-state index in [0.717, 1.165) is 4.31 Å². The molecule has 0 heterocycles. The van der Waals surface area contributed by atoms with E-state index in [4.69, 9.17) is 0 Å². The van der Waals surface area contributed by atoms with Gasteiger partial charge in [-0.2, -0.15) is 0 Å². The van der Waals surface area contributed by atoms with Crippen molar-refractivity contribution in [2.75, 3.05) is 19.4 Å². The second kappa shape index (κ2) is 7.14. The summed E-state index contributed by atoms with van der Waals surface area (Å²) in [7, 11) is -0.761. The SMILES string of the molecule is CN(C)S(=O)(=O)c1cccc(NC(=O)[C@@H]2CC=CC[C@@H]2C(=O)O)c1. The predicted octanol–water partition coefficient (Wildman–Crippen LogP) is 1.54. The van der Waals surface area contributed by atoms with Gasteiger partial charge in [0.2, 0.25) is 15.9 Å². The van der Waals surface area contributed by atoms with Crippen LogP contribution < -0.4 is 5.32 Å². The lowest BCUT2D eigenvalue weighted by Gasteiger charge is -2.24. The Kier molecular flexibility index (Phi) is 5.40. The summed E-state index contributed by atoms with van der Waals surface area (Å²) in [5.41, 5.74) is 0.321. The molecule has 1 aromatic rings. The summed E-state index contributed by atoms with van der Waals surface area (Å²) >= 11 is 0. The Bertz CT molecular complexity index is 770. The summed E-state index contributed by atoms with van der Waals surface area (Å²) in [5, 5.41) is 11.9. The zero-order chi connectivity index (χ0) is 17.9. The van der Waals surface area contributed by atoms with Crippen molar-refractivity contribution in [3.8, 4) is 0 Å². The number of allylic oxidation sites excluding steroid dienone is 2. The molecule has 0 spiro atoms. The lowest BCUT2D eigenvalue weighted by molar-refractivity contribution is -0.146. The number of carbonyl (C=O) groups excluding carboxylic acids is 1. The van der Waals surface area contributed by atoms with Crippen LogP contribution in [0.5, 0.6) is 0 Å². The van der Waals surface area contributed by atoms with Crippen molar-refractivity contribution in [3.05, 3.63) is 36.4 Å². The normalized spacial score (nSPS) is 20.8. The van der Waals surface area contributed by atoms with Gasteiger partial charge in [0.15, 0.2) is 0 Å². The number of hydrogen-bond acceptors (Lipinski definition) is 4. The van der Waals surface area contributed by atoms with Crippen molar-refractivity contribution in [1.82, 2.24) is 4.31 Å². The van der Waals surface area contributed by atoms with Crippen LogP contribution in [0, 0.1) is 11.8 Å². The van der Waals surface area contributed by atoms with Crippen LogP contribution in [0.25, 0.3) is 0 Å². The molecule has 1 aliphatic carbocycles. The topological polar surface area (TPSA) is 104 Å². The monoisotopic (exact) mass is 352 g/mol. The van der Waals surface area contributed by atoms with Crippen LogP contribution in [0.4, 0.5) is 5.69 Å². The Morgan fingerprint density at radius 2 is 1.79 bits per heavy atom. The van der Waals surface area contributed by atoms with Crippen molar-refractivity contribution in [2.24, 2.45) is 11.8 Å². The Labute approximate surface area is 141 Å².